The van der Waals surface area contributed by atoms with Crippen LogP contribution in [0.5, 0.6) is 11.5 Å². The van der Waals surface area contributed by atoms with E-state index in [1.165, 1.54) is 25.1 Å². The average Bonchev–Trinajstić information content (AvgIpc) is 3.25. The summed E-state index contributed by atoms with van der Waals surface area (Å²) < 4.78 is 11.2. The predicted molar refractivity (Wildman–Crippen MR) is 133 cm³/mol. The highest BCUT2D eigenvalue weighted by Gasteiger charge is 2.25. The molecule has 0 aliphatic rings. The summed E-state index contributed by atoms with van der Waals surface area (Å²) in [7, 11) is 0. The Kier molecular flexibility index (Phi) is 5.81. The van der Waals surface area contributed by atoms with Gasteiger partial charge in [0.15, 0.2) is 6.10 Å². The minimum atomic E-state index is -1.22. The minimum Gasteiger partial charge on any atom is -0.508 e. The summed E-state index contributed by atoms with van der Waals surface area (Å²) in [5, 5.41) is 24.6. The molecule has 0 unspecified atom stereocenters. The van der Waals surface area contributed by atoms with Crippen molar-refractivity contribution in [3.05, 3.63) is 82.8 Å². The summed E-state index contributed by atoms with van der Waals surface area (Å²) in [6.45, 7) is 1.50. The number of hydrogen-bond donors (Lipinski definition) is 4. The van der Waals surface area contributed by atoms with Crippen LogP contribution < -0.4 is 15.7 Å². The van der Waals surface area contributed by atoms with Crippen molar-refractivity contribution < 1.29 is 29.0 Å². The van der Waals surface area contributed by atoms with E-state index in [4.69, 9.17) is 9.15 Å². The zero-order chi connectivity index (χ0) is 25.4. The van der Waals surface area contributed by atoms with Crippen molar-refractivity contribution in [3.63, 3.8) is 0 Å². The standard InChI is InChI=1S/C27H22N2O7/c1-14(35-17-7-8-19-18-4-2-3-5-20(18)27(34)36-24(19)12-17)25(31)29-23(26(32)33)10-15-13-28-22-9-6-16(30)11-21(15)22/h2-9,11-14,23,28,30H,10H2,1H3,(H,29,31)(H,32,33)/t14-,23-/m0/s1. The highest BCUT2D eigenvalue weighted by molar-refractivity contribution is 6.04. The SMILES string of the molecule is C[C@H](Oc1ccc2c(c1)oc(=O)c1ccccc12)C(=O)N[C@@H](Cc1c[nH]c2ccc(O)cc12)C(=O)O. The fourth-order valence-electron chi connectivity index (χ4n) is 4.24. The Labute approximate surface area is 203 Å². The number of phenols is 1. The number of aromatic hydroxyl groups is 1. The monoisotopic (exact) mass is 486 g/mol. The quantitative estimate of drug-likeness (QED) is 0.203. The van der Waals surface area contributed by atoms with Gasteiger partial charge < -0.3 is 29.7 Å². The van der Waals surface area contributed by atoms with Crippen LogP contribution in [0, 0.1) is 0 Å². The van der Waals surface area contributed by atoms with Gasteiger partial charge in [-0.25, -0.2) is 9.59 Å². The van der Waals surface area contributed by atoms with Crippen molar-refractivity contribution in [2.75, 3.05) is 0 Å². The van der Waals surface area contributed by atoms with E-state index in [1.54, 1.807) is 36.5 Å². The Balaban J connectivity index is 1.32. The van der Waals surface area contributed by atoms with Gasteiger partial charge in [0, 0.05) is 35.0 Å². The van der Waals surface area contributed by atoms with Gasteiger partial charge in [-0.2, -0.15) is 0 Å². The smallest absolute Gasteiger partial charge is 0.344 e. The van der Waals surface area contributed by atoms with Crippen LogP contribution in [0.25, 0.3) is 32.6 Å². The number of ether oxygens (including phenoxy) is 1. The van der Waals surface area contributed by atoms with Gasteiger partial charge in [0.25, 0.3) is 5.91 Å². The first-order valence-corrected chi connectivity index (χ1v) is 11.2. The fraction of sp³-hybridized carbons (Fsp3) is 0.148. The average molecular weight is 486 g/mol. The van der Waals surface area contributed by atoms with Crippen molar-refractivity contribution in [1.29, 1.82) is 0 Å². The lowest BCUT2D eigenvalue weighted by Gasteiger charge is -2.19. The summed E-state index contributed by atoms with van der Waals surface area (Å²) in [5.74, 6) is -1.47. The maximum absolute atomic E-state index is 12.8. The van der Waals surface area contributed by atoms with Crippen molar-refractivity contribution in [1.82, 2.24) is 10.3 Å². The van der Waals surface area contributed by atoms with Gasteiger partial charge in [-0.3, -0.25) is 4.79 Å². The molecule has 0 spiro atoms. The lowest BCUT2D eigenvalue weighted by molar-refractivity contribution is -0.142. The number of aromatic amines is 1. The number of nitrogens with one attached hydrogen (secondary N) is 2. The van der Waals surface area contributed by atoms with Crippen LogP contribution in [0.15, 0.2) is 76.1 Å². The molecule has 2 heterocycles. The third-order valence-corrected chi connectivity index (χ3v) is 6.06. The number of hydrogen-bond acceptors (Lipinski definition) is 6. The number of aliphatic carboxylic acids is 1. The second-order valence-corrected chi connectivity index (χ2v) is 8.50. The zero-order valence-electron chi connectivity index (χ0n) is 19.1. The van der Waals surface area contributed by atoms with Gasteiger partial charge >= 0.3 is 11.6 Å². The van der Waals surface area contributed by atoms with E-state index in [1.807, 2.05) is 12.1 Å². The molecule has 2 atom stereocenters. The molecule has 3 aromatic carbocycles. The molecular formula is C27H22N2O7. The van der Waals surface area contributed by atoms with Gasteiger partial charge in [0.1, 0.15) is 23.1 Å². The summed E-state index contributed by atoms with van der Waals surface area (Å²) in [5.41, 5.74) is 1.22. The van der Waals surface area contributed by atoms with E-state index in [0.29, 0.717) is 27.7 Å². The molecule has 9 heteroatoms. The second kappa shape index (κ2) is 9.10. The molecule has 1 amide bonds. The molecule has 0 aliphatic heterocycles. The number of carbonyl (C=O) groups excluding carboxylic acids is 1. The molecule has 9 nitrogen and oxygen atoms in total. The molecule has 0 saturated heterocycles. The number of phenolic OH excluding ortho intramolecular Hbond substituents is 1. The molecule has 2 aromatic heterocycles. The molecule has 0 radical (unpaired) electrons. The molecule has 0 saturated carbocycles. The first-order valence-electron chi connectivity index (χ1n) is 11.2. The highest BCUT2D eigenvalue weighted by Crippen LogP contribution is 2.27. The van der Waals surface area contributed by atoms with Crippen LogP contribution >= 0.6 is 0 Å². The Morgan fingerprint density at radius 2 is 1.81 bits per heavy atom. The Bertz CT molecular complexity index is 1680. The normalized spacial score (nSPS) is 13.0. The Morgan fingerprint density at radius 3 is 2.58 bits per heavy atom. The van der Waals surface area contributed by atoms with Gasteiger partial charge in [0.05, 0.1) is 5.39 Å². The van der Waals surface area contributed by atoms with Crippen molar-refractivity contribution in [3.8, 4) is 11.5 Å². The fourth-order valence-corrected chi connectivity index (χ4v) is 4.24. The van der Waals surface area contributed by atoms with Gasteiger partial charge in [-0.15, -0.1) is 0 Å². The Morgan fingerprint density at radius 1 is 1.03 bits per heavy atom. The number of amides is 1. The predicted octanol–water partition coefficient (Wildman–Crippen LogP) is 3.71. The number of carboxylic acids is 1. The van der Waals surface area contributed by atoms with Gasteiger partial charge in [-0.1, -0.05) is 18.2 Å². The third kappa shape index (κ3) is 4.34. The Hall–Kier alpha value is -4.79. The number of aromatic nitrogens is 1. The first-order chi connectivity index (χ1) is 17.3. The van der Waals surface area contributed by atoms with E-state index in [2.05, 4.69) is 10.3 Å². The number of carbonyl (C=O) groups is 2. The molecule has 0 fully saturated rings. The number of H-pyrrole nitrogens is 1. The zero-order valence-corrected chi connectivity index (χ0v) is 19.1. The van der Waals surface area contributed by atoms with E-state index >= 15 is 0 Å². The van der Waals surface area contributed by atoms with Gasteiger partial charge in [0.2, 0.25) is 0 Å². The van der Waals surface area contributed by atoms with Crippen LogP contribution in [-0.2, 0) is 16.0 Å². The van der Waals surface area contributed by atoms with Crippen LogP contribution in [-0.4, -0.2) is 39.2 Å². The van der Waals surface area contributed by atoms with Crippen LogP contribution in [0.4, 0.5) is 0 Å². The molecule has 182 valence electrons. The van der Waals surface area contributed by atoms with Crippen LogP contribution in [0.2, 0.25) is 0 Å². The molecule has 5 aromatic rings. The summed E-state index contributed by atoms with van der Waals surface area (Å²) in [6.07, 6.45) is 0.632. The topological polar surface area (TPSA) is 142 Å². The van der Waals surface area contributed by atoms with Crippen molar-refractivity contribution >= 4 is 44.5 Å². The summed E-state index contributed by atoms with van der Waals surface area (Å²) in [4.78, 5) is 40.0. The van der Waals surface area contributed by atoms with Gasteiger partial charge in [-0.05, 0) is 54.3 Å². The minimum absolute atomic E-state index is 0.00541. The maximum Gasteiger partial charge on any atom is 0.344 e. The number of carboxylic acid groups (broad SMARTS) is 1. The molecule has 0 bridgehead atoms. The van der Waals surface area contributed by atoms with E-state index in [0.717, 1.165) is 16.3 Å². The molecule has 36 heavy (non-hydrogen) atoms. The highest BCUT2D eigenvalue weighted by atomic mass is 16.5. The first kappa shape index (κ1) is 23.0. The van der Waals surface area contributed by atoms with Crippen molar-refractivity contribution in [2.45, 2.75) is 25.5 Å². The largest absolute Gasteiger partial charge is 0.508 e. The van der Waals surface area contributed by atoms with E-state index < -0.39 is 29.6 Å². The summed E-state index contributed by atoms with van der Waals surface area (Å²) >= 11 is 0. The van der Waals surface area contributed by atoms with E-state index in [-0.39, 0.29) is 12.2 Å². The summed E-state index contributed by atoms with van der Waals surface area (Å²) in [6, 6.07) is 15.6. The molecular weight excluding hydrogens is 464 g/mol. The second-order valence-electron chi connectivity index (χ2n) is 8.50. The lowest BCUT2D eigenvalue weighted by atomic mass is 10.0. The third-order valence-electron chi connectivity index (χ3n) is 6.06. The number of fused-ring (bicyclic) bond motifs is 4. The van der Waals surface area contributed by atoms with Crippen molar-refractivity contribution in [2.24, 2.45) is 0 Å². The maximum atomic E-state index is 12.8. The molecule has 5 rings (SSSR count). The molecule has 0 aliphatic carbocycles. The number of benzene rings is 3. The lowest BCUT2D eigenvalue weighted by Crippen LogP contribution is -2.47. The van der Waals surface area contributed by atoms with Crippen LogP contribution in [0.3, 0.4) is 0 Å². The van der Waals surface area contributed by atoms with Crippen LogP contribution in [0.1, 0.15) is 12.5 Å². The molecule has 4 N–H and O–H groups in total. The van der Waals surface area contributed by atoms with E-state index in [9.17, 15) is 24.6 Å². The number of rotatable bonds is 7.